The Morgan fingerprint density at radius 3 is 2.10 bits per heavy atom. The molecule has 0 saturated carbocycles. The molecule has 0 aromatic heterocycles. The number of carbonyl (C=O) groups is 2. The van der Waals surface area contributed by atoms with Crippen LogP contribution in [0.3, 0.4) is 0 Å². The van der Waals surface area contributed by atoms with Crippen molar-refractivity contribution in [3.05, 3.63) is 0 Å². The fourth-order valence-electron chi connectivity index (χ4n) is 3.23. The normalized spacial score (nSPS) is 21.1. The van der Waals surface area contributed by atoms with E-state index >= 15 is 0 Å². The third-order valence-electron chi connectivity index (χ3n) is 3.74. The zero-order valence-electron chi connectivity index (χ0n) is 14.3. The van der Waals surface area contributed by atoms with Crippen molar-refractivity contribution in [2.24, 2.45) is 5.92 Å². The molecule has 0 spiro atoms. The van der Waals surface area contributed by atoms with Crippen LogP contribution in [0.1, 0.15) is 60.8 Å². The van der Waals surface area contributed by atoms with Crippen LogP contribution in [0.4, 0.5) is 0 Å². The largest absolute Gasteiger partial charge is 0.348 e. The predicted octanol–water partition coefficient (Wildman–Crippen LogP) is 1.57. The zero-order valence-corrected chi connectivity index (χ0v) is 14.3. The van der Waals surface area contributed by atoms with Crippen LogP contribution in [0.25, 0.3) is 0 Å². The first-order chi connectivity index (χ1) is 9.51. The molecule has 0 aromatic rings. The van der Waals surface area contributed by atoms with Crippen LogP contribution in [0, 0.1) is 5.92 Å². The fraction of sp³-hybridized carbons (Fsp3) is 0.875. The second-order valence-corrected chi connectivity index (χ2v) is 7.91. The summed E-state index contributed by atoms with van der Waals surface area (Å²) in [6.45, 7) is 13.2. The second-order valence-electron chi connectivity index (χ2n) is 7.91. The predicted molar refractivity (Wildman–Crippen MR) is 84.9 cm³/mol. The van der Waals surface area contributed by atoms with E-state index in [9.17, 15) is 9.59 Å². The van der Waals surface area contributed by atoms with Gasteiger partial charge in [-0.15, -0.1) is 0 Å². The molecule has 21 heavy (non-hydrogen) atoms. The summed E-state index contributed by atoms with van der Waals surface area (Å²) in [6.07, 6.45) is 2.52. The van der Waals surface area contributed by atoms with Gasteiger partial charge in [-0.2, -0.15) is 0 Å². The van der Waals surface area contributed by atoms with Crippen molar-refractivity contribution in [1.29, 1.82) is 0 Å². The zero-order chi connectivity index (χ0) is 16.3. The van der Waals surface area contributed by atoms with Gasteiger partial charge in [0.05, 0.1) is 0 Å². The quantitative estimate of drug-likeness (QED) is 0.690. The van der Waals surface area contributed by atoms with Crippen LogP contribution >= 0.6 is 0 Å². The van der Waals surface area contributed by atoms with Gasteiger partial charge in [0.2, 0.25) is 0 Å². The number of nitrogens with one attached hydrogen (secondary N) is 3. The SMILES string of the molecule is CC(C)CCNC(=O)C(=O)NC1CC(C)(C)NC(C)(C)C1. The summed E-state index contributed by atoms with van der Waals surface area (Å²) in [7, 11) is 0. The molecule has 0 radical (unpaired) electrons. The molecule has 1 aliphatic rings. The monoisotopic (exact) mass is 297 g/mol. The molecule has 0 unspecified atom stereocenters. The minimum Gasteiger partial charge on any atom is -0.348 e. The van der Waals surface area contributed by atoms with E-state index in [-0.39, 0.29) is 17.1 Å². The van der Waals surface area contributed by atoms with Crippen molar-refractivity contribution in [2.45, 2.75) is 77.9 Å². The maximum Gasteiger partial charge on any atom is 0.309 e. The molecule has 0 aromatic carbocycles. The number of amides is 2. The first-order valence-corrected chi connectivity index (χ1v) is 7.89. The van der Waals surface area contributed by atoms with Gasteiger partial charge in [0.1, 0.15) is 0 Å². The van der Waals surface area contributed by atoms with Crippen LogP contribution in [-0.2, 0) is 9.59 Å². The van der Waals surface area contributed by atoms with Gasteiger partial charge < -0.3 is 16.0 Å². The fourth-order valence-corrected chi connectivity index (χ4v) is 3.23. The van der Waals surface area contributed by atoms with Gasteiger partial charge in [-0.1, -0.05) is 13.8 Å². The highest BCUT2D eigenvalue weighted by Crippen LogP contribution is 2.28. The molecule has 1 rings (SSSR count). The summed E-state index contributed by atoms with van der Waals surface area (Å²) in [5.74, 6) is -0.526. The number of hydrogen-bond acceptors (Lipinski definition) is 3. The third kappa shape index (κ3) is 6.46. The van der Waals surface area contributed by atoms with Crippen molar-refractivity contribution in [2.75, 3.05) is 6.54 Å². The van der Waals surface area contributed by atoms with Gasteiger partial charge in [-0.25, -0.2) is 0 Å². The molecule has 1 heterocycles. The Labute approximate surface area is 128 Å². The molecular weight excluding hydrogens is 266 g/mol. The molecule has 5 heteroatoms. The van der Waals surface area contributed by atoms with Gasteiger partial charge >= 0.3 is 11.8 Å². The molecule has 1 saturated heterocycles. The van der Waals surface area contributed by atoms with E-state index in [0.29, 0.717) is 12.5 Å². The van der Waals surface area contributed by atoms with E-state index < -0.39 is 11.8 Å². The lowest BCUT2D eigenvalue weighted by molar-refractivity contribution is -0.140. The van der Waals surface area contributed by atoms with Crippen molar-refractivity contribution in [1.82, 2.24) is 16.0 Å². The van der Waals surface area contributed by atoms with Gasteiger partial charge in [-0.05, 0) is 52.9 Å². The Morgan fingerprint density at radius 1 is 1.10 bits per heavy atom. The first kappa shape index (κ1) is 18.0. The smallest absolute Gasteiger partial charge is 0.309 e. The summed E-state index contributed by atoms with van der Waals surface area (Å²) >= 11 is 0. The highest BCUT2D eigenvalue weighted by molar-refractivity contribution is 6.35. The average molecular weight is 297 g/mol. The van der Waals surface area contributed by atoms with Crippen molar-refractivity contribution in [3.63, 3.8) is 0 Å². The van der Waals surface area contributed by atoms with E-state index in [1.807, 2.05) is 0 Å². The molecule has 122 valence electrons. The van der Waals surface area contributed by atoms with Crippen molar-refractivity contribution in [3.8, 4) is 0 Å². The van der Waals surface area contributed by atoms with Crippen molar-refractivity contribution >= 4 is 11.8 Å². The van der Waals surface area contributed by atoms with Gasteiger partial charge in [0.25, 0.3) is 0 Å². The number of hydrogen-bond donors (Lipinski definition) is 3. The summed E-state index contributed by atoms with van der Waals surface area (Å²) in [6, 6.07) is 0.0274. The minimum atomic E-state index is -0.523. The molecule has 1 fully saturated rings. The lowest BCUT2D eigenvalue weighted by atomic mass is 9.79. The highest BCUT2D eigenvalue weighted by atomic mass is 16.2. The molecule has 5 nitrogen and oxygen atoms in total. The van der Waals surface area contributed by atoms with E-state index in [1.54, 1.807) is 0 Å². The standard InChI is InChI=1S/C16H31N3O2/c1-11(2)7-8-17-13(20)14(21)18-12-9-15(3,4)19-16(5,6)10-12/h11-12,19H,7-10H2,1-6H3,(H,17,20)(H,18,21). The van der Waals surface area contributed by atoms with E-state index in [4.69, 9.17) is 0 Å². The van der Waals surface area contributed by atoms with Gasteiger partial charge in [-0.3, -0.25) is 9.59 Å². The Kier molecular flexibility index (Phi) is 5.79. The third-order valence-corrected chi connectivity index (χ3v) is 3.74. The molecule has 0 atom stereocenters. The van der Waals surface area contributed by atoms with E-state index in [1.165, 1.54) is 0 Å². The Bertz CT molecular complexity index is 373. The maximum absolute atomic E-state index is 12.0. The Morgan fingerprint density at radius 2 is 1.62 bits per heavy atom. The van der Waals surface area contributed by atoms with Crippen LogP contribution in [0.2, 0.25) is 0 Å². The summed E-state index contributed by atoms with van der Waals surface area (Å²) < 4.78 is 0. The maximum atomic E-state index is 12.0. The summed E-state index contributed by atoms with van der Waals surface area (Å²) in [4.78, 5) is 23.7. The van der Waals surface area contributed by atoms with Crippen LogP contribution in [-0.4, -0.2) is 35.5 Å². The van der Waals surface area contributed by atoms with Gasteiger partial charge in [0, 0.05) is 23.7 Å². The molecule has 1 aliphatic heterocycles. The second kappa shape index (κ2) is 6.77. The molecule has 3 N–H and O–H groups in total. The summed E-state index contributed by atoms with van der Waals surface area (Å²) in [5.41, 5.74) is -0.0956. The minimum absolute atomic E-state index is 0.0274. The molecule has 0 bridgehead atoms. The average Bonchev–Trinajstić information content (AvgIpc) is 2.23. The Balaban J connectivity index is 2.48. The van der Waals surface area contributed by atoms with Crippen LogP contribution in [0.5, 0.6) is 0 Å². The molecule has 2 amide bonds. The number of carbonyl (C=O) groups excluding carboxylic acids is 2. The number of rotatable bonds is 4. The molecule has 0 aliphatic carbocycles. The highest BCUT2D eigenvalue weighted by Gasteiger charge is 2.38. The van der Waals surface area contributed by atoms with Crippen molar-refractivity contribution < 1.29 is 9.59 Å². The van der Waals surface area contributed by atoms with E-state index in [0.717, 1.165) is 19.3 Å². The Hall–Kier alpha value is -1.10. The van der Waals surface area contributed by atoms with Crippen LogP contribution < -0.4 is 16.0 Å². The topological polar surface area (TPSA) is 70.2 Å². The lowest BCUT2D eigenvalue weighted by Crippen LogP contribution is -2.62. The summed E-state index contributed by atoms with van der Waals surface area (Å²) in [5, 5.41) is 9.11. The van der Waals surface area contributed by atoms with Gasteiger partial charge in [0.15, 0.2) is 0 Å². The molecular formula is C16H31N3O2. The lowest BCUT2D eigenvalue weighted by Gasteiger charge is -2.46. The first-order valence-electron chi connectivity index (χ1n) is 7.89. The number of piperidine rings is 1. The van der Waals surface area contributed by atoms with Crippen LogP contribution in [0.15, 0.2) is 0 Å². The van der Waals surface area contributed by atoms with E-state index in [2.05, 4.69) is 57.5 Å².